The highest BCUT2D eigenvalue weighted by Crippen LogP contribution is 2.34. The van der Waals surface area contributed by atoms with Crippen LogP contribution in [0.3, 0.4) is 0 Å². The molecular formula is C19H27ClN6O6S. The summed E-state index contributed by atoms with van der Waals surface area (Å²) < 4.78 is 13.1. The third-order valence-corrected chi connectivity index (χ3v) is 6.96. The van der Waals surface area contributed by atoms with Gasteiger partial charge in [0.05, 0.1) is 18.5 Å². The molecule has 0 aliphatic carbocycles. The second-order valence-corrected chi connectivity index (χ2v) is 9.52. The highest BCUT2D eigenvalue weighted by atomic mass is 35.5. The van der Waals surface area contributed by atoms with Crippen LogP contribution in [0.1, 0.15) is 25.5 Å². The third-order valence-electron chi connectivity index (χ3n) is 5.70. The Labute approximate surface area is 198 Å². The molecule has 2 saturated heterocycles. The summed E-state index contributed by atoms with van der Waals surface area (Å²) >= 11 is 7.53. The van der Waals surface area contributed by atoms with Crippen LogP contribution in [0.25, 0.3) is 11.2 Å². The predicted molar refractivity (Wildman–Crippen MR) is 121 cm³/mol. The smallest absolute Gasteiger partial charge is 0.320 e. The van der Waals surface area contributed by atoms with Gasteiger partial charge in [-0.25, -0.2) is 4.98 Å². The molecule has 33 heavy (non-hydrogen) atoms. The van der Waals surface area contributed by atoms with Crippen LogP contribution in [0, 0.1) is 0 Å². The zero-order valence-corrected chi connectivity index (χ0v) is 19.3. The maximum atomic E-state index is 10.8. The van der Waals surface area contributed by atoms with Crippen LogP contribution in [0.4, 0.5) is 5.82 Å². The van der Waals surface area contributed by atoms with Gasteiger partial charge in [-0.15, -0.1) is 0 Å². The first kappa shape index (κ1) is 24.4. The van der Waals surface area contributed by atoms with Gasteiger partial charge in [0.2, 0.25) is 5.28 Å². The number of anilines is 1. The number of fused-ring (bicyclic) bond motifs is 1. The van der Waals surface area contributed by atoms with Crippen LogP contribution in [0.5, 0.6) is 0 Å². The molecular weight excluding hydrogens is 476 g/mol. The summed E-state index contributed by atoms with van der Waals surface area (Å²) in [5.41, 5.74) is 6.33. The first-order chi connectivity index (χ1) is 15.8. The van der Waals surface area contributed by atoms with E-state index in [0.717, 1.165) is 19.4 Å². The maximum Gasteiger partial charge on any atom is 0.320 e. The molecule has 2 fully saturated rings. The number of aliphatic hydroxyl groups is 2. The van der Waals surface area contributed by atoms with Crippen molar-refractivity contribution >= 4 is 46.3 Å². The number of nitrogens with two attached hydrogens (primary N) is 1. The van der Waals surface area contributed by atoms with Crippen molar-refractivity contribution in [2.24, 2.45) is 5.73 Å². The van der Waals surface area contributed by atoms with Crippen LogP contribution >= 0.6 is 23.4 Å². The van der Waals surface area contributed by atoms with Crippen LogP contribution < -0.4 is 11.1 Å². The Hall–Kier alpha value is -1.74. The molecule has 2 aliphatic heterocycles. The number of hydrogen-bond acceptors (Lipinski definition) is 11. The molecule has 0 bridgehead atoms. The lowest BCUT2D eigenvalue weighted by Gasteiger charge is -2.17. The fourth-order valence-corrected chi connectivity index (χ4v) is 5.11. The van der Waals surface area contributed by atoms with E-state index in [1.807, 2.05) is 0 Å². The maximum absolute atomic E-state index is 10.8. The second kappa shape index (κ2) is 10.7. The molecule has 4 rings (SSSR count). The van der Waals surface area contributed by atoms with Crippen molar-refractivity contribution in [3.05, 3.63) is 11.6 Å². The number of rotatable bonds is 10. The quantitative estimate of drug-likeness (QED) is 0.221. The average molecular weight is 503 g/mol. The largest absolute Gasteiger partial charge is 0.480 e. The first-order valence-corrected chi connectivity index (χ1v) is 12.2. The summed E-state index contributed by atoms with van der Waals surface area (Å²) in [7, 11) is 0. The predicted octanol–water partition coefficient (Wildman–Crippen LogP) is 0.225. The van der Waals surface area contributed by atoms with E-state index < -0.39 is 36.6 Å². The minimum Gasteiger partial charge on any atom is -0.480 e. The molecule has 0 radical (unpaired) electrons. The van der Waals surface area contributed by atoms with Gasteiger partial charge >= 0.3 is 5.97 Å². The van der Waals surface area contributed by atoms with Gasteiger partial charge in [0.25, 0.3) is 0 Å². The average Bonchev–Trinajstić information content (AvgIpc) is 3.51. The van der Waals surface area contributed by atoms with Gasteiger partial charge < -0.3 is 35.8 Å². The molecule has 12 nitrogen and oxygen atoms in total. The van der Waals surface area contributed by atoms with Gasteiger partial charge in [0.1, 0.15) is 18.2 Å². The molecule has 14 heteroatoms. The number of carboxylic acids is 1. The molecule has 6 N–H and O–H groups in total. The lowest BCUT2D eigenvalue weighted by molar-refractivity contribution is -0.138. The number of aliphatic carboxylic acids is 1. The fraction of sp³-hybridized carbons (Fsp3) is 0.684. The molecule has 0 spiro atoms. The van der Waals surface area contributed by atoms with E-state index >= 15 is 0 Å². The summed E-state index contributed by atoms with van der Waals surface area (Å²) in [5, 5.41) is 33.2. The Morgan fingerprint density at radius 2 is 2.21 bits per heavy atom. The number of hydrogen-bond donors (Lipinski definition) is 5. The molecule has 6 atom stereocenters. The standard InChI is InChI=1S/C19H27ClN6O6S/c20-19-24-15(22-6-9-2-1-4-31-9)12-16(25-19)26(8-23-12)17-14(28)13(27)11(32-17)7-33-5-3-10(21)18(29)30/h8-11,13-14,17,27-28H,1-7,21H2,(H,29,30)(H,22,24,25)/t9?,10-,11+,13+,14+,17?/m0/s1. The number of nitrogens with zero attached hydrogens (tertiary/aromatic N) is 4. The Kier molecular flexibility index (Phi) is 7.89. The monoisotopic (exact) mass is 502 g/mol. The van der Waals surface area contributed by atoms with E-state index in [-0.39, 0.29) is 17.8 Å². The number of ether oxygens (including phenoxy) is 2. The molecule has 2 aromatic rings. The van der Waals surface area contributed by atoms with E-state index in [1.165, 1.54) is 22.7 Å². The number of carboxylic acid groups (broad SMARTS) is 1. The number of nitrogens with one attached hydrogen (secondary N) is 1. The Morgan fingerprint density at radius 3 is 2.94 bits per heavy atom. The van der Waals surface area contributed by atoms with Crippen molar-refractivity contribution in [1.82, 2.24) is 19.5 Å². The number of imidazole rings is 1. The van der Waals surface area contributed by atoms with Gasteiger partial charge in [-0.05, 0) is 36.6 Å². The fourth-order valence-electron chi connectivity index (χ4n) is 3.85. The summed E-state index contributed by atoms with van der Waals surface area (Å²) in [5.74, 6) is 0.240. The number of thioether (sulfide) groups is 1. The van der Waals surface area contributed by atoms with E-state index in [4.69, 9.17) is 31.9 Å². The molecule has 2 aromatic heterocycles. The molecule has 2 aliphatic rings. The summed E-state index contributed by atoms with van der Waals surface area (Å²) in [6, 6.07) is -0.935. The van der Waals surface area contributed by atoms with Gasteiger partial charge in [-0.3, -0.25) is 9.36 Å². The van der Waals surface area contributed by atoms with Crippen molar-refractivity contribution in [3.63, 3.8) is 0 Å². The van der Waals surface area contributed by atoms with E-state index in [1.54, 1.807) is 0 Å². The van der Waals surface area contributed by atoms with Crippen molar-refractivity contribution in [2.45, 2.75) is 55.9 Å². The van der Waals surface area contributed by atoms with Gasteiger partial charge in [-0.2, -0.15) is 21.7 Å². The van der Waals surface area contributed by atoms with Crippen molar-refractivity contribution < 1.29 is 29.6 Å². The molecule has 182 valence electrons. The second-order valence-electron chi connectivity index (χ2n) is 8.04. The van der Waals surface area contributed by atoms with Gasteiger partial charge in [0, 0.05) is 18.9 Å². The zero-order valence-electron chi connectivity index (χ0n) is 17.7. The topological polar surface area (TPSA) is 178 Å². The van der Waals surface area contributed by atoms with Gasteiger partial charge in [-0.1, -0.05) is 0 Å². The SMILES string of the molecule is N[C@@H](CCSC[C@H]1OC(n2cnc3c(NCC4CCCO4)nc(Cl)nc32)[C@H](O)[C@@H]1O)C(=O)O. The number of halogens is 1. The number of aliphatic hydroxyl groups excluding tert-OH is 2. The lowest BCUT2D eigenvalue weighted by atomic mass is 10.1. The van der Waals surface area contributed by atoms with Gasteiger partial charge in [0.15, 0.2) is 23.2 Å². The minimum atomic E-state index is -1.22. The van der Waals surface area contributed by atoms with Crippen LogP contribution in [-0.2, 0) is 14.3 Å². The Bertz CT molecular complexity index is 976. The summed E-state index contributed by atoms with van der Waals surface area (Å²) in [6.45, 7) is 1.30. The van der Waals surface area contributed by atoms with Crippen LogP contribution in [0.2, 0.25) is 5.28 Å². The van der Waals surface area contributed by atoms with Crippen LogP contribution in [-0.4, -0.2) is 95.9 Å². The van der Waals surface area contributed by atoms with E-state index in [2.05, 4.69) is 20.3 Å². The summed E-state index contributed by atoms with van der Waals surface area (Å²) in [4.78, 5) is 23.7. The molecule has 0 amide bonds. The highest BCUT2D eigenvalue weighted by Gasteiger charge is 2.44. The van der Waals surface area contributed by atoms with Crippen molar-refractivity contribution in [2.75, 3.05) is 30.0 Å². The Morgan fingerprint density at radius 1 is 1.39 bits per heavy atom. The van der Waals surface area contributed by atoms with E-state index in [0.29, 0.717) is 35.0 Å². The molecule has 2 unspecified atom stereocenters. The zero-order chi connectivity index (χ0) is 23.5. The first-order valence-electron chi connectivity index (χ1n) is 10.7. The number of carbonyl (C=O) groups is 1. The minimum absolute atomic E-state index is 0.00833. The van der Waals surface area contributed by atoms with E-state index in [9.17, 15) is 15.0 Å². The molecule has 4 heterocycles. The van der Waals surface area contributed by atoms with Crippen molar-refractivity contribution in [3.8, 4) is 0 Å². The normalized spacial score (nSPS) is 28.4. The summed E-state index contributed by atoms with van der Waals surface area (Å²) in [6.07, 6.45) is -0.107. The van der Waals surface area contributed by atoms with Crippen LogP contribution in [0.15, 0.2) is 6.33 Å². The molecule has 0 saturated carbocycles. The Balaban J connectivity index is 1.44. The molecule has 0 aromatic carbocycles. The highest BCUT2D eigenvalue weighted by molar-refractivity contribution is 7.99. The lowest BCUT2D eigenvalue weighted by Crippen LogP contribution is -2.33. The van der Waals surface area contributed by atoms with Crippen molar-refractivity contribution in [1.29, 1.82) is 0 Å². The number of aromatic nitrogens is 4. The third kappa shape index (κ3) is 5.50.